The monoisotopic (exact) mass is 451 g/mol. The van der Waals surface area contributed by atoms with E-state index < -0.39 is 0 Å². The average Bonchev–Trinajstić information content (AvgIpc) is 2.93. The quantitative estimate of drug-likeness (QED) is 0.570. The van der Waals surface area contributed by atoms with Crippen molar-refractivity contribution in [3.05, 3.63) is 38.9 Å². The Balaban J connectivity index is 1.81. The molecule has 0 aromatic carbocycles. The number of halogens is 1. The number of hydrogen-bond donors (Lipinski definition) is 1. The van der Waals surface area contributed by atoms with Gasteiger partial charge in [0.1, 0.15) is 21.2 Å². The molecule has 1 N–H and O–H groups in total. The maximum absolute atomic E-state index is 12.5. The van der Waals surface area contributed by atoms with Gasteiger partial charge in [-0.05, 0) is 54.0 Å². The number of nitrogens with zero attached hydrogens (tertiary/aromatic N) is 4. The van der Waals surface area contributed by atoms with Crippen LogP contribution in [-0.4, -0.2) is 33.9 Å². The summed E-state index contributed by atoms with van der Waals surface area (Å²) in [5.41, 5.74) is 1.87. The fourth-order valence-electron chi connectivity index (χ4n) is 2.87. The summed E-state index contributed by atoms with van der Waals surface area (Å²) in [7, 11) is 0. The highest BCUT2D eigenvalue weighted by atomic mass is 127. The zero-order valence-electron chi connectivity index (χ0n) is 13.8. The first-order valence-corrected chi connectivity index (χ1v) is 9.13. The van der Waals surface area contributed by atoms with E-state index in [1.54, 1.807) is 17.8 Å². The van der Waals surface area contributed by atoms with E-state index in [0.29, 0.717) is 30.3 Å². The lowest BCUT2D eigenvalue weighted by atomic mass is 10.1. The van der Waals surface area contributed by atoms with Crippen molar-refractivity contribution in [3.63, 3.8) is 0 Å². The first kappa shape index (κ1) is 17.8. The van der Waals surface area contributed by atoms with Gasteiger partial charge in [-0.1, -0.05) is 6.07 Å². The maximum atomic E-state index is 12.5. The first-order valence-electron chi connectivity index (χ1n) is 8.05. The molecule has 0 spiro atoms. The Labute approximate surface area is 159 Å². The van der Waals surface area contributed by atoms with Crippen LogP contribution in [0.5, 0.6) is 0 Å². The van der Waals surface area contributed by atoms with Crippen LogP contribution in [0.4, 0.5) is 5.82 Å². The Morgan fingerprint density at radius 1 is 1.48 bits per heavy atom. The Morgan fingerprint density at radius 3 is 2.88 bits per heavy atom. The van der Waals surface area contributed by atoms with Gasteiger partial charge in [0, 0.05) is 19.4 Å². The van der Waals surface area contributed by atoms with Crippen LogP contribution in [0.15, 0.2) is 18.3 Å². The van der Waals surface area contributed by atoms with Gasteiger partial charge in [0.2, 0.25) is 5.91 Å². The molecule has 130 valence electrons. The number of rotatable bonds is 4. The van der Waals surface area contributed by atoms with E-state index in [9.17, 15) is 10.1 Å². The highest BCUT2D eigenvalue weighted by molar-refractivity contribution is 14.1. The SMILES string of the molecule is Cc1nn(C2CCOCC2)c(NC(=O)Cc2ccc(I)nc2)c1C#N. The maximum Gasteiger partial charge on any atom is 0.230 e. The molecule has 1 saturated heterocycles. The third-order valence-electron chi connectivity index (χ3n) is 4.15. The number of anilines is 1. The Bertz CT molecular complexity index is 804. The van der Waals surface area contributed by atoms with Gasteiger partial charge in [-0.15, -0.1) is 0 Å². The highest BCUT2D eigenvalue weighted by Gasteiger charge is 2.24. The molecule has 1 amide bonds. The van der Waals surface area contributed by atoms with E-state index in [-0.39, 0.29) is 18.4 Å². The van der Waals surface area contributed by atoms with E-state index in [4.69, 9.17) is 4.74 Å². The fourth-order valence-corrected chi connectivity index (χ4v) is 3.19. The van der Waals surface area contributed by atoms with Crippen LogP contribution in [0.2, 0.25) is 0 Å². The molecule has 25 heavy (non-hydrogen) atoms. The van der Waals surface area contributed by atoms with Crippen molar-refractivity contribution >= 4 is 34.3 Å². The molecular weight excluding hydrogens is 433 g/mol. The van der Waals surface area contributed by atoms with Gasteiger partial charge in [-0.2, -0.15) is 10.4 Å². The van der Waals surface area contributed by atoms with Crippen LogP contribution in [-0.2, 0) is 16.0 Å². The van der Waals surface area contributed by atoms with Crippen molar-refractivity contribution in [2.45, 2.75) is 32.2 Å². The average molecular weight is 451 g/mol. The van der Waals surface area contributed by atoms with Gasteiger partial charge in [0.25, 0.3) is 0 Å². The zero-order chi connectivity index (χ0) is 17.8. The van der Waals surface area contributed by atoms with Crippen molar-refractivity contribution in [3.8, 4) is 6.07 Å². The van der Waals surface area contributed by atoms with Crippen LogP contribution in [0, 0.1) is 22.0 Å². The van der Waals surface area contributed by atoms with Crippen LogP contribution in [0.25, 0.3) is 0 Å². The van der Waals surface area contributed by atoms with Crippen molar-refractivity contribution in [2.24, 2.45) is 0 Å². The zero-order valence-corrected chi connectivity index (χ0v) is 16.0. The van der Waals surface area contributed by atoms with Crippen LogP contribution in [0.1, 0.15) is 35.7 Å². The van der Waals surface area contributed by atoms with E-state index in [1.165, 1.54) is 0 Å². The molecule has 0 radical (unpaired) electrons. The van der Waals surface area contributed by atoms with Gasteiger partial charge in [-0.25, -0.2) is 4.68 Å². The second-order valence-electron chi connectivity index (χ2n) is 5.92. The van der Waals surface area contributed by atoms with E-state index >= 15 is 0 Å². The third-order valence-corrected chi connectivity index (χ3v) is 4.78. The van der Waals surface area contributed by atoms with Gasteiger partial charge in [0.05, 0.1) is 18.2 Å². The number of nitriles is 1. The fraction of sp³-hybridized carbons (Fsp3) is 0.412. The minimum atomic E-state index is -0.187. The van der Waals surface area contributed by atoms with Gasteiger partial charge >= 0.3 is 0 Å². The van der Waals surface area contributed by atoms with Crippen molar-refractivity contribution in [2.75, 3.05) is 18.5 Å². The summed E-state index contributed by atoms with van der Waals surface area (Å²) < 4.78 is 8.05. The predicted molar refractivity (Wildman–Crippen MR) is 100 cm³/mol. The van der Waals surface area contributed by atoms with Crippen molar-refractivity contribution in [1.29, 1.82) is 5.26 Å². The Morgan fingerprint density at radius 2 is 2.24 bits per heavy atom. The number of carbonyl (C=O) groups is 1. The molecule has 2 aromatic rings. The number of aromatic nitrogens is 3. The summed E-state index contributed by atoms with van der Waals surface area (Å²) in [5.74, 6) is 0.295. The molecule has 3 heterocycles. The van der Waals surface area contributed by atoms with Crippen molar-refractivity contribution < 1.29 is 9.53 Å². The predicted octanol–water partition coefficient (Wildman–Crippen LogP) is 2.60. The summed E-state index contributed by atoms with van der Waals surface area (Å²) in [6, 6.07) is 6.02. The lowest BCUT2D eigenvalue weighted by molar-refractivity contribution is -0.115. The second kappa shape index (κ2) is 7.93. The number of amides is 1. The molecule has 7 nitrogen and oxygen atoms in total. The molecule has 1 aliphatic heterocycles. The van der Waals surface area contributed by atoms with E-state index in [1.807, 2.05) is 12.1 Å². The normalized spacial score (nSPS) is 14.9. The summed E-state index contributed by atoms with van der Waals surface area (Å²) in [6.45, 7) is 3.10. The summed E-state index contributed by atoms with van der Waals surface area (Å²) in [5, 5.41) is 16.8. The highest BCUT2D eigenvalue weighted by Crippen LogP contribution is 2.28. The van der Waals surface area contributed by atoms with Crippen LogP contribution in [0.3, 0.4) is 0 Å². The molecule has 2 aromatic heterocycles. The molecular formula is C17H18IN5O2. The number of nitrogens with one attached hydrogen (secondary N) is 1. The third kappa shape index (κ3) is 4.16. The summed E-state index contributed by atoms with van der Waals surface area (Å²) >= 11 is 2.12. The molecule has 3 rings (SSSR count). The molecule has 0 bridgehead atoms. The number of aryl methyl sites for hydroxylation is 1. The number of ether oxygens (including phenoxy) is 1. The van der Waals surface area contributed by atoms with Gasteiger partial charge in [0.15, 0.2) is 0 Å². The first-order chi connectivity index (χ1) is 12.1. The number of hydrogen-bond acceptors (Lipinski definition) is 5. The molecule has 0 unspecified atom stereocenters. The van der Waals surface area contributed by atoms with Gasteiger partial charge in [-0.3, -0.25) is 9.78 Å². The standard InChI is InChI=1S/C17H18IN5O2/c1-11-14(9-19)17(23(22-11)13-4-6-25-7-5-13)21-16(24)8-12-2-3-15(18)20-10-12/h2-3,10,13H,4-8H2,1H3,(H,21,24). The van der Waals surface area contributed by atoms with Gasteiger partial charge < -0.3 is 10.1 Å². The van der Waals surface area contributed by atoms with Crippen LogP contribution < -0.4 is 5.32 Å². The molecule has 0 aliphatic carbocycles. The van der Waals surface area contributed by atoms with E-state index in [0.717, 1.165) is 22.1 Å². The van der Waals surface area contributed by atoms with Crippen LogP contribution >= 0.6 is 22.6 Å². The minimum absolute atomic E-state index is 0.129. The summed E-state index contributed by atoms with van der Waals surface area (Å²) in [4.78, 5) is 16.7. The topological polar surface area (TPSA) is 92.8 Å². The smallest absolute Gasteiger partial charge is 0.230 e. The largest absolute Gasteiger partial charge is 0.381 e. The lowest BCUT2D eigenvalue weighted by Crippen LogP contribution is -2.24. The number of carbonyl (C=O) groups excluding carboxylic acids is 1. The second-order valence-corrected chi connectivity index (χ2v) is 7.03. The Hall–Kier alpha value is -1.99. The molecule has 1 fully saturated rings. The number of pyridine rings is 1. The molecule has 8 heteroatoms. The molecule has 1 aliphatic rings. The van der Waals surface area contributed by atoms with E-state index in [2.05, 4.69) is 44.1 Å². The Kier molecular flexibility index (Phi) is 5.65. The molecule has 0 atom stereocenters. The summed E-state index contributed by atoms with van der Waals surface area (Å²) in [6.07, 6.45) is 3.52. The lowest BCUT2D eigenvalue weighted by Gasteiger charge is -2.24. The minimum Gasteiger partial charge on any atom is -0.381 e. The molecule has 0 saturated carbocycles. The van der Waals surface area contributed by atoms with Crippen molar-refractivity contribution in [1.82, 2.24) is 14.8 Å².